The molecule has 6 rings (SSSR count). The van der Waals surface area contributed by atoms with Crippen LogP contribution in [-0.4, -0.2) is 56.2 Å². The van der Waals surface area contributed by atoms with Crippen LogP contribution in [0.5, 0.6) is 0 Å². The number of amides is 1. The Hall–Kier alpha value is -3.07. The summed E-state index contributed by atoms with van der Waals surface area (Å²) in [5.74, 6) is 0.718. The number of nitrogens with zero attached hydrogens (tertiary/aromatic N) is 5. The second-order valence-electron chi connectivity index (χ2n) is 9.87. The summed E-state index contributed by atoms with van der Waals surface area (Å²) in [5.41, 5.74) is 4.66. The van der Waals surface area contributed by atoms with Crippen LogP contribution in [0.4, 0.5) is 0 Å². The van der Waals surface area contributed by atoms with Gasteiger partial charge in [0.25, 0.3) is 0 Å². The summed E-state index contributed by atoms with van der Waals surface area (Å²) in [7, 11) is 0. The Morgan fingerprint density at radius 3 is 2.79 bits per heavy atom. The molecule has 1 aromatic heterocycles. The maximum atomic E-state index is 13.3. The molecule has 2 fully saturated rings. The zero-order valence-corrected chi connectivity index (χ0v) is 19.0. The Kier molecular flexibility index (Phi) is 4.65. The number of nitrogens with one attached hydrogen (secondary N) is 1. The monoisotopic (exact) mass is 448 g/mol. The SMILES string of the molecule is CC1=C(N2CCC3(CCC(N[C@H](C)c4ccc5c(c4)Cn4nnnc4-5)CC3)C2=O)COC1=O. The predicted octanol–water partition coefficient (Wildman–Crippen LogP) is 2.34. The average Bonchev–Trinajstić information content (AvgIpc) is 3.56. The number of carbonyl (C=O) groups excluding carboxylic acids is 2. The Bertz CT molecular complexity index is 1180. The topological polar surface area (TPSA) is 102 Å². The van der Waals surface area contributed by atoms with Gasteiger partial charge in [0.05, 0.1) is 23.2 Å². The van der Waals surface area contributed by atoms with Crippen molar-refractivity contribution in [1.82, 2.24) is 30.4 Å². The fourth-order valence-corrected chi connectivity index (χ4v) is 5.97. The molecule has 4 aliphatic rings. The summed E-state index contributed by atoms with van der Waals surface area (Å²) in [5, 5.41) is 15.7. The second-order valence-corrected chi connectivity index (χ2v) is 9.87. The van der Waals surface area contributed by atoms with Crippen LogP contribution in [0.25, 0.3) is 11.4 Å². The van der Waals surface area contributed by atoms with Crippen LogP contribution in [0.15, 0.2) is 29.5 Å². The van der Waals surface area contributed by atoms with Gasteiger partial charge in [0, 0.05) is 24.2 Å². The normalized spacial score (nSPS) is 27.3. The van der Waals surface area contributed by atoms with Crippen LogP contribution in [0.3, 0.4) is 0 Å². The highest BCUT2D eigenvalue weighted by Gasteiger charge is 2.50. The first-order valence-corrected chi connectivity index (χ1v) is 11.8. The van der Waals surface area contributed by atoms with Crippen molar-refractivity contribution in [2.45, 2.75) is 64.6 Å². The number of rotatable bonds is 4. The largest absolute Gasteiger partial charge is 0.456 e. The predicted molar refractivity (Wildman–Crippen MR) is 119 cm³/mol. The van der Waals surface area contributed by atoms with E-state index in [1.807, 2.05) is 9.58 Å². The Morgan fingerprint density at radius 1 is 1.21 bits per heavy atom. The van der Waals surface area contributed by atoms with Crippen LogP contribution in [0, 0.1) is 5.41 Å². The Morgan fingerprint density at radius 2 is 2.03 bits per heavy atom. The molecular formula is C24H28N6O3. The number of hydrogen-bond donors (Lipinski definition) is 1. The third kappa shape index (κ3) is 3.20. The Labute approximate surface area is 192 Å². The number of ether oxygens (including phenoxy) is 1. The number of hydrogen-bond acceptors (Lipinski definition) is 7. The minimum Gasteiger partial charge on any atom is -0.456 e. The first kappa shape index (κ1) is 20.5. The van der Waals surface area contributed by atoms with Crippen LogP contribution in [0.2, 0.25) is 0 Å². The van der Waals surface area contributed by atoms with E-state index in [9.17, 15) is 9.59 Å². The van der Waals surface area contributed by atoms with Crippen molar-refractivity contribution in [3.8, 4) is 11.4 Å². The van der Waals surface area contributed by atoms with Gasteiger partial charge in [-0.2, -0.15) is 0 Å². The van der Waals surface area contributed by atoms with Gasteiger partial charge in [0.15, 0.2) is 5.82 Å². The summed E-state index contributed by atoms with van der Waals surface area (Å²) in [4.78, 5) is 26.9. The van der Waals surface area contributed by atoms with Gasteiger partial charge < -0.3 is 15.0 Å². The van der Waals surface area contributed by atoms with Crippen molar-refractivity contribution in [1.29, 1.82) is 0 Å². The molecule has 1 atom stereocenters. The molecule has 172 valence electrons. The van der Waals surface area contributed by atoms with Crippen LogP contribution < -0.4 is 5.32 Å². The number of benzene rings is 1. The molecule has 0 bridgehead atoms. The quantitative estimate of drug-likeness (QED) is 0.611. The minimum absolute atomic E-state index is 0.181. The maximum Gasteiger partial charge on any atom is 0.336 e. The first-order valence-electron chi connectivity index (χ1n) is 11.8. The highest BCUT2D eigenvalue weighted by molar-refractivity contribution is 5.94. The number of likely N-dealkylation sites (tertiary alicyclic amines) is 1. The third-order valence-electron chi connectivity index (χ3n) is 8.07. The molecule has 4 heterocycles. The number of fused-ring (bicyclic) bond motifs is 3. The van der Waals surface area contributed by atoms with Crippen LogP contribution >= 0.6 is 0 Å². The minimum atomic E-state index is -0.301. The van der Waals surface area contributed by atoms with Crippen LogP contribution in [-0.2, 0) is 20.9 Å². The highest BCUT2D eigenvalue weighted by atomic mass is 16.5. The van der Waals surface area contributed by atoms with E-state index in [2.05, 4.69) is 46.0 Å². The Balaban J connectivity index is 1.09. The van der Waals surface area contributed by atoms with E-state index in [-0.39, 0.29) is 29.9 Å². The van der Waals surface area contributed by atoms with E-state index in [4.69, 9.17) is 4.74 Å². The summed E-state index contributed by atoms with van der Waals surface area (Å²) < 4.78 is 6.96. The van der Waals surface area contributed by atoms with Crippen molar-refractivity contribution in [3.63, 3.8) is 0 Å². The maximum absolute atomic E-state index is 13.3. The fraction of sp³-hybridized carbons (Fsp3) is 0.542. The van der Waals surface area contributed by atoms with Crippen molar-refractivity contribution < 1.29 is 14.3 Å². The van der Waals surface area contributed by atoms with E-state index >= 15 is 0 Å². The smallest absolute Gasteiger partial charge is 0.336 e. The number of tetrazole rings is 1. The van der Waals surface area contributed by atoms with Gasteiger partial charge in [-0.25, -0.2) is 9.48 Å². The molecule has 1 aliphatic carbocycles. The number of esters is 1. The van der Waals surface area contributed by atoms with Gasteiger partial charge in [-0.15, -0.1) is 5.10 Å². The summed E-state index contributed by atoms with van der Waals surface area (Å²) >= 11 is 0. The molecule has 1 saturated carbocycles. The molecule has 0 unspecified atom stereocenters. The molecule has 1 spiro atoms. The molecule has 0 radical (unpaired) electrons. The first-order chi connectivity index (χ1) is 15.9. The van der Waals surface area contributed by atoms with E-state index < -0.39 is 0 Å². The van der Waals surface area contributed by atoms with Crippen LogP contribution in [0.1, 0.15) is 63.1 Å². The molecule has 9 nitrogen and oxygen atoms in total. The zero-order chi connectivity index (χ0) is 22.7. The second kappa shape index (κ2) is 7.48. The van der Waals surface area contributed by atoms with Gasteiger partial charge in [-0.3, -0.25) is 4.79 Å². The molecule has 3 aliphatic heterocycles. The lowest BCUT2D eigenvalue weighted by atomic mass is 9.71. The lowest BCUT2D eigenvalue weighted by Gasteiger charge is -2.37. The van der Waals surface area contributed by atoms with E-state index in [1.165, 1.54) is 11.1 Å². The molecule has 1 amide bonds. The number of aromatic nitrogens is 4. The van der Waals surface area contributed by atoms with Gasteiger partial charge in [0.1, 0.15) is 6.61 Å². The molecule has 33 heavy (non-hydrogen) atoms. The molecule has 1 saturated heterocycles. The molecule has 1 aromatic carbocycles. The summed E-state index contributed by atoms with van der Waals surface area (Å²) in [6.45, 7) is 5.59. The van der Waals surface area contributed by atoms with E-state index in [0.29, 0.717) is 18.2 Å². The van der Waals surface area contributed by atoms with Gasteiger partial charge >= 0.3 is 5.97 Å². The third-order valence-corrected chi connectivity index (χ3v) is 8.07. The standard InChI is InChI=1S/C24H28N6O3/c1-14-20(13-33-22(14)31)29-10-9-24(23(29)32)7-5-18(6-8-24)25-15(2)16-3-4-19-17(11-16)12-30-21(19)26-27-28-30/h3-4,11,15,18,25H,5-10,12-13H2,1-2H3/t15-,18?,24?/m1/s1. The summed E-state index contributed by atoms with van der Waals surface area (Å²) in [6.07, 6.45) is 4.60. The highest BCUT2D eigenvalue weighted by Crippen LogP contribution is 2.46. The average molecular weight is 449 g/mol. The van der Waals surface area contributed by atoms with Crippen molar-refractivity contribution >= 4 is 11.9 Å². The van der Waals surface area contributed by atoms with Gasteiger partial charge in [0.2, 0.25) is 5.91 Å². The van der Waals surface area contributed by atoms with Gasteiger partial charge in [-0.05, 0) is 67.5 Å². The lowest BCUT2D eigenvalue weighted by molar-refractivity contribution is -0.138. The van der Waals surface area contributed by atoms with Crippen molar-refractivity contribution in [3.05, 3.63) is 40.6 Å². The van der Waals surface area contributed by atoms with E-state index in [1.54, 1.807) is 6.92 Å². The number of cyclic esters (lactones) is 1. The zero-order valence-electron chi connectivity index (χ0n) is 19.0. The molecule has 2 aromatic rings. The van der Waals surface area contributed by atoms with Gasteiger partial charge in [-0.1, -0.05) is 18.2 Å². The van der Waals surface area contributed by atoms with E-state index in [0.717, 1.165) is 55.7 Å². The molecule has 9 heteroatoms. The van der Waals surface area contributed by atoms with Crippen molar-refractivity contribution in [2.75, 3.05) is 13.2 Å². The number of carbonyl (C=O) groups is 2. The molecular weight excluding hydrogens is 420 g/mol. The molecule has 1 N–H and O–H groups in total. The summed E-state index contributed by atoms with van der Waals surface area (Å²) in [6, 6.07) is 7.13. The lowest BCUT2D eigenvalue weighted by Crippen LogP contribution is -2.42. The fourth-order valence-electron chi connectivity index (χ4n) is 5.97. The van der Waals surface area contributed by atoms with Crippen molar-refractivity contribution in [2.24, 2.45) is 5.41 Å².